The number of aliphatic hydroxyl groups excluding tert-OH is 1. The summed E-state index contributed by atoms with van der Waals surface area (Å²) in [5, 5.41) is 13.8. The van der Waals surface area contributed by atoms with Crippen molar-refractivity contribution in [3.05, 3.63) is 64.4 Å². The molecule has 0 fully saturated rings. The van der Waals surface area contributed by atoms with Crippen molar-refractivity contribution in [3.8, 4) is 0 Å². The van der Waals surface area contributed by atoms with Crippen LogP contribution in [0.15, 0.2) is 42.5 Å². The molecule has 2 unspecified atom stereocenters. The quantitative estimate of drug-likeness (QED) is 0.878. The first-order valence-electron chi connectivity index (χ1n) is 6.62. The molecule has 3 rings (SSSR count). The van der Waals surface area contributed by atoms with Crippen molar-refractivity contribution in [1.29, 1.82) is 0 Å². The first-order chi connectivity index (χ1) is 9.65. The largest absolute Gasteiger partial charge is 0.386 e. The summed E-state index contributed by atoms with van der Waals surface area (Å²) in [6, 6.07) is 12.3. The van der Waals surface area contributed by atoms with Gasteiger partial charge in [-0.3, -0.25) is 0 Å². The van der Waals surface area contributed by atoms with Crippen LogP contribution in [0.2, 0.25) is 5.02 Å². The van der Waals surface area contributed by atoms with Crippen LogP contribution in [0.1, 0.15) is 23.7 Å². The average molecular weight is 292 g/mol. The summed E-state index contributed by atoms with van der Waals surface area (Å²) in [6.45, 7) is 0. The van der Waals surface area contributed by atoms with E-state index in [0.29, 0.717) is 5.56 Å². The Morgan fingerprint density at radius 1 is 1.25 bits per heavy atom. The van der Waals surface area contributed by atoms with Gasteiger partial charge in [0.05, 0.1) is 17.2 Å². The highest BCUT2D eigenvalue weighted by atomic mass is 35.5. The first kappa shape index (κ1) is 13.4. The minimum atomic E-state index is -0.707. The highest BCUT2D eigenvalue weighted by Gasteiger charge is 2.25. The predicted octanol–water partition coefficient (Wildman–Crippen LogP) is 3.94. The van der Waals surface area contributed by atoms with Crippen LogP contribution in [-0.2, 0) is 6.42 Å². The van der Waals surface area contributed by atoms with Gasteiger partial charge in [-0.1, -0.05) is 35.9 Å². The molecular weight excluding hydrogens is 277 g/mol. The van der Waals surface area contributed by atoms with Crippen LogP contribution < -0.4 is 5.32 Å². The van der Waals surface area contributed by atoms with E-state index in [4.69, 9.17) is 11.6 Å². The zero-order valence-electron chi connectivity index (χ0n) is 10.8. The van der Waals surface area contributed by atoms with Gasteiger partial charge < -0.3 is 10.4 Å². The van der Waals surface area contributed by atoms with Crippen molar-refractivity contribution in [3.63, 3.8) is 0 Å². The maximum absolute atomic E-state index is 13.2. The SMILES string of the molecule is OC(c1ccc(F)c(Cl)c1)C1CCc2ccccc2N1. The lowest BCUT2D eigenvalue weighted by atomic mass is 9.92. The van der Waals surface area contributed by atoms with Crippen molar-refractivity contribution in [2.45, 2.75) is 25.0 Å². The van der Waals surface area contributed by atoms with Crippen LogP contribution in [0.5, 0.6) is 0 Å². The lowest BCUT2D eigenvalue weighted by Gasteiger charge is -2.30. The Morgan fingerprint density at radius 3 is 2.85 bits per heavy atom. The molecule has 2 atom stereocenters. The fraction of sp³-hybridized carbons (Fsp3) is 0.250. The number of rotatable bonds is 2. The van der Waals surface area contributed by atoms with Crippen molar-refractivity contribution >= 4 is 17.3 Å². The Bertz CT molecular complexity index is 632. The van der Waals surface area contributed by atoms with E-state index in [2.05, 4.69) is 11.4 Å². The molecule has 1 heterocycles. The molecule has 0 radical (unpaired) electrons. The molecule has 2 N–H and O–H groups in total. The number of halogens is 2. The maximum Gasteiger partial charge on any atom is 0.141 e. The molecule has 2 nitrogen and oxygen atoms in total. The maximum atomic E-state index is 13.2. The molecule has 2 aromatic rings. The molecule has 20 heavy (non-hydrogen) atoms. The van der Waals surface area contributed by atoms with Gasteiger partial charge in [0, 0.05) is 5.69 Å². The van der Waals surface area contributed by atoms with Crippen LogP contribution >= 0.6 is 11.6 Å². The van der Waals surface area contributed by atoms with Gasteiger partial charge in [-0.25, -0.2) is 4.39 Å². The highest BCUT2D eigenvalue weighted by Crippen LogP contribution is 2.31. The van der Waals surface area contributed by atoms with Crippen LogP contribution in [0.4, 0.5) is 10.1 Å². The van der Waals surface area contributed by atoms with Crippen LogP contribution in [0, 0.1) is 5.82 Å². The number of nitrogens with one attached hydrogen (secondary N) is 1. The molecule has 0 saturated carbocycles. The van der Waals surface area contributed by atoms with E-state index >= 15 is 0 Å². The zero-order valence-corrected chi connectivity index (χ0v) is 11.6. The molecule has 0 bridgehead atoms. The molecule has 1 aliphatic rings. The Labute approximate surface area is 122 Å². The monoisotopic (exact) mass is 291 g/mol. The number of aryl methyl sites for hydroxylation is 1. The number of aliphatic hydroxyl groups is 1. The molecule has 0 saturated heterocycles. The number of para-hydroxylation sites is 1. The minimum Gasteiger partial charge on any atom is -0.386 e. The lowest BCUT2D eigenvalue weighted by molar-refractivity contribution is 0.149. The molecule has 2 aromatic carbocycles. The summed E-state index contributed by atoms with van der Waals surface area (Å²) >= 11 is 5.77. The van der Waals surface area contributed by atoms with Crippen LogP contribution in [0.3, 0.4) is 0 Å². The molecule has 0 aliphatic carbocycles. The number of hydrogen-bond donors (Lipinski definition) is 2. The number of hydrogen-bond acceptors (Lipinski definition) is 2. The summed E-state index contributed by atoms with van der Waals surface area (Å²) in [6.07, 6.45) is 1.04. The molecule has 0 spiro atoms. The van der Waals surface area contributed by atoms with E-state index in [9.17, 15) is 9.50 Å². The van der Waals surface area contributed by atoms with Crippen molar-refractivity contribution in [2.75, 3.05) is 5.32 Å². The van der Waals surface area contributed by atoms with Crippen LogP contribution in [-0.4, -0.2) is 11.1 Å². The number of anilines is 1. The summed E-state index contributed by atoms with van der Waals surface area (Å²) in [5.74, 6) is -0.468. The van der Waals surface area contributed by atoms with Crippen molar-refractivity contribution in [2.24, 2.45) is 0 Å². The number of fused-ring (bicyclic) bond motifs is 1. The van der Waals surface area contributed by atoms with Gasteiger partial charge in [0.1, 0.15) is 5.82 Å². The third kappa shape index (κ3) is 2.51. The van der Waals surface area contributed by atoms with Crippen molar-refractivity contribution in [1.82, 2.24) is 0 Å². The standard InChI is InChI=1S/C16H15ClFNO/c17-12-9-11(5-7-13(12)18)16(20)15-8-6-10-3-1-2-4-14(10)19-15/h1-5,7,9,15-16,19-20H,6,8H2. The van der Waals surface area contributed by atoms with E-state index in [1.807, 2.05) is 18.2 Å². The topological polar surface area (TPSA) is 32.3 Å². The highest BCUT2D eigenvalue weighted by molar-refractivity contribution is 6.30. The van der Waals surface area contributed by atoms with Gasteiger partial charge in [-0.15, -0.1) is 0 Å². The molecule has 0 aromatic heterocycles. The Hall–Kier alpha value is -1.58. The second-order valence-electron chi connectivity index (χ2n) is 5.07. The van der Waals surface area contributed by atoms with Gasteiger partial charge in [-0.2, -0.15) is 0 Å². The van der Waals surface area contributed by atoms with Crippen LogP contribution in [0.25, 0.3) is 0 Å². The first-order valence-corrected chi connectivity index (χ1v) is 7.00. The third-order valence-corrected chi connectivity index (χ3v) is 4.04. The molecular formula is C16H15ClFNO. The summed E-state index contributed by atoms with van der Waals surface area (Å²) in [5.41, 5.74) is 2.94. The fourth-order valence-electron chi connectivity index (χ4n) is 2.63. The summed E-state index contributed by atoms with van der Waals surface area (Å²) in [7, 11) is 0. The Kier molecular flexibility index (Phi) is 3.64. The van der Waals surface area contributed by atoms with Gasteiger partial charge in [0.2, 0.25) is 0 Å². The summed E-state index contributed by atoms with van der Waals surface area (Å²) < 4.78 is 13.2. The van der Waals surface area contributed by atoms with E-state index in [-0.39, 0.29) is 11.1 Å². The normalized spacial score (nSPS) is 19.1. The smallest absolute Gasteiger partial charge is 0.141 e. The van der Waals surface area contributed by atoms with Crippen molar-refractivity contribution < 1.29 is 9.50 Å². The zero-order chi connectivity index (χ0) is 14.1. The Morgan fingerprint density at radius 2 is 2.05 bits per heavy atom. The van der Waals surface area contributed by atoms with E-state index in [0.717, 1.165) is 18.5 Å². The van der Waals surface area contributed by atoms with Gasteiger partial charge >= 0.3 is 0 Å². The van der Waals surface area contributed by atoms with Gasteiger partial charge in [0.15, 0.2) is 0 Å². The molecule has 0 amide bonds. The lowest BCUT2D eigenvalue weighted by Crippen LogP contribution is -2.31. The predicted molar refractivity (Wildman–Crippen MR) is 78.5 cm³/mol. The molecule has 4 heteroatoms. The molecule has 104 valence electrons. The van der Waals surface area contributed by atoms with Gasteiger partial charge in [-0.05, 0) is 42.2 Å². The average Bonchev–Trinajstić information content (AvgIpc) is 2.49. The fourth-order valence-corrected chi connectivity index (χ4v) is 2.82. The third-order valence-electron chi connectivity index (χ3n) is 3.75. The second kappa shape index (κ2) is 5.43. The van der Waals surface area contributed by atoms with E-state index in [1.165, 1.54) is 17.7 Å². The van der Waals surface area contributed by atoms with E-state index in [1.54, 1.807) is 6.07 Å². The molecule has 1 aliphatic heterocycles. The second-order valence-corrected chi connectivity index (χ2v) is 5.47. The van der Waals surface area contributed by atoms with Gasteiger partial charge in [0.25, 0.3) is 0 Å². The number of benzene rings is 2. The minimum absolute atomic E-state index is 0.0396. The summed E-state index contributed by atoms with van der Waals surface area (Å²) in [4.78, 5) is 0. The van der Waals surface area contributed by atoms with E-state index < -0.39 is 11.9 Å². The Balaban J connectivity index is 1.82.